The summed E-state index contributed by atoms with van der Waals surface area (Å²) in [4.78, 5) is 33.3. The van der Waals surface area contributed by atoms with Gasteiger partial charge in [0.05, 0.1) is 5.71 Å². The Bertz CT molecular complexity index is 752. The van der Waals surface area contributed by atoms with Crippen molar-refractivity contribution >= 4 is 17.7 Å². The smallest absolute Gasteiger partial charge is 0.410 e. The van der Waals surface area contributed by atoms with Gasteiger partial charge in [0.15, 0.2) is 0 Å². The van der Waals surface area contributed by atoms with E-state index >= 15 is 0 Å². The van der Waals surface area contributed by atoms with Crippen molar-refractivity contribution in [3.63, 3.8) is 0 Å². The van der Waals surface area contributed by atoms with Crippen LogP contribution in [-0.4, -0.2) is 65.4 Å². The lowest BCUT2D eigenvalue weighted by molar-refractivity contribution is -0.143. The second-order valence-electron chi connectivity index (χ2n) is 7.64. The predicted octanol–water partition coefficient (Wildman–Crippen LogP) is 2.40. The molecule has 1 atom stereocenters. The summed E-state index contributed by atoms with van der Waals surface area (Å²) < 4.78 is 18.7. The van der Waals surface area contributed by atoms with Crippen LogP contribution in [-0.2, 0) is 14.4 Å². The Morgan fingerprint density at radius 2 is 1.85 bits per heavy atom. The lowest BCUT2D eigenvalue weighted by atomic mass is 10.0. The molecule has 0 aromatic heterocycles. The fourth-order valence-corrected chi connectivity index (χ4v) is 2.99. The normalized spacial score (nSPS) is 20.1. The van der Waals surface area contributed by atoms with Crippen LogP contribution in [0.4, 0.5) is 9.18 Å². The molecule has 146 valence electrons. The van der Waals surface area contributed by atoms with E-state index < -0.39 is 11.7 Å². The van der Waals surface area contributed by atoms with Gasteiger partial charge in [-0.05, 0) is 32.9 Å². The van der Waals surface area contributed by atoms with Gasteiger partial charge in [-0.1, -0.05) is 17.3 Å². The number of benzene rings is 1. The fourth-order valence-electron chi connectivity index (χ4n) is 2.99. The van der Waals surface area contributed by atoms with E-state index in [9.17, 15) is 14.0 Å². The number of halogens is 1. The maximum Gasteiger partial charge on any atom is 0.410 e. The Balaban J connectivity index is 1.51. The van der Waals surface area contributed by atoms with E-state index in [-0.39, 0.29) is 17.8 Å². The molecule has 7 nitrogen and oxygen atoms in total. The number of ether oxygens (including phenoxy) is 1. The van der Waals surface area contributed by atoms with Gasteiger partial charge in [0.25, 0.3) is 5.91 Å². The highest BCUT2D eigenvalue weighted by atomic mass is 19.1. The van der Waals surface area contributed by atoms with Crippen molar-refractivity contribution in [1.29, 1.82) is 0 Å². The summed E-state index contributed by atoms with van der Waals surface area (Å²) in [5.41, 5.74) is 0.618. The van der Waals surface area contributed by atoms with E-state index in [1.807, 2.05) is 20.8 Å². The lowest BCUT2D eigenvalue weighted by Crippen LogP contribution is -2.53. The Morgan fingerprint density at radius 3 is 2.48 bits per heavy atom. The molecule has 2 aliphatic rings. The average Bonchev–Trinajstić information content (AvgIpc) is 3.10. The standard InChI is InChI=1S/C19H24FN3O4/c1-19(2,3)26-18(25)23-9-7-22(8-10-23)17(24)16-12-15(21-27-16)13-5-4-6-14(20)11-13/h4-6,11,16H,7-10,12H2,1-3H3. The molecule has 0 saturated carbocycles. The Hall–Kier alpha value is -2.64. The van der Waals surface area contributed by atoms with Crippen molar-refractivity contribution in [3.05, 3.63) is 35.6 Å². The number of amides is 2. The van der Waals surface area contributed by atoms with Crippen LogP contribution < -0.4 is 0 Å². The summed E-state index contributed by atoms with van der Waals surface area (Å²) in [6.45, 7) is 7.09. The Labute approximate surface area is 157 Å². The minimum atomic E-state index is -0.712. The van der Waals surface area contributed by atoms with Crippen LogP contribution in [0.3, 0.4) is 0 Å². The number of nitrogens with zero attached hydrogens (tertiary/aromatic N) is 3. The molecule has 1 aromatic rings. The van der Waals surface area contributed by atoms with E-state index in [1.165, 1.54) is 12.1 Å². The number of hydrogen-bond acceptors (Lipinski definition) is 5. The van der Waals surface area contributed by atoms with Crippen LogP contribution in [0.15, 0.2) is 29.4 Å². The minimum absolute atomic E-state index is 0.172. The molecule has 3 rings (SSSR count). The van der Waals surface area contributed by atoms with Crippen LogP contribution >= 0.6 is 0 Å². The minimum Gasteiger partial charge on any atom is -0.444 e. The van der Waals surface area contributed by atoms with Gasteiger partial charge >= 0.3 is 6.09 Å². The van der Waals surface area contributed by atoms with Crippen molar-refractivity contribution in [2.24, 2.45) is 5.16 Å². The van der Waals surface area contributed by atoms with Gasteiger partial charge < -0.3 is 19.4 Å². The number of carbonyl (C=O) groups is 2. The van der Waals surface area contributed by atoms with Gasteiger partial charge in [-0.3, -0.25) is 4.79 Å². The molecule has 0 spiro atoms. The first kappa shape index (κ1) is 19.1. The van der Waals surface area contributed by atoms with Gasteiger partial charge in [-0.2, -0.15) is 0 Å². The van der Waals surface area contributed by atoms with Crippen molar-refractivity contribution in [3.8, 4) is 0 Å². The summed E-state index contributed by atoms with van der Waals surface area (Å²) in [6.07, 6.45) is -0.783. The van der Waals surface area contributed by atoms with Crippen molar-refractivity contribution in [2.45, 2.75) is 38.9 Å². The van der Waals surface area contributed by atoms with E-state index in [2.05, 4.69) is 5.16 Å². The van der Waals surface area contributed by atoms with Gasteiger partial charge in [-0.25, -0.2) is 9.18 Å². The van der Waals surface area contributed by atoms with Crippen molar-refractivity contribution in [1.82, 2.24) is 9.80 Å². The van der Waals surface area contributed by atoms with Crippen LogP contribution in [0.2, 0.25) is 0 Å². The molecule has 2 amide bonds. The molecule has 2 heterocycles. The largest absolute Gasteiger partial charge is 0.444 e. The lowest BCUT2D eigenvalue weighted by Gasteiger charge is -2.36. The van der Waals surface area contributed by atoms with E-state index in [1.54, 1.807) is 21.9 Å². The highest BCUT2D eigenvalue weighted by molar-refractivity contribution is 6.04. The molecule has 0 aliphatic carbocycles. The molecular weight excluding hydrogens is 353 g/mol. The molecule has 2 aliphatic heterocycles. The molecule has 1 aromatic carbocycles. The first-order valence-corrected chi connectivity index (χ1v) is 8.98. The summed E-state index contributed by atoms with van der Waals surface area (Å²) in [5, 5.41) is 3.95. The third-order valence-electron chi connectivity index (χ3n) is 4.35. The number of hydrogen-bond donors (Lipinski definition) is 0. The SMILES string of the molecule is CC(C)(C)OC(=O)N1CCN(C(=O)C2CC(c3cccc(F)c3)=NO2)CC1. The monoisotopic (exact) mass is 377 g/mol. The zero-order valence-corrected chi connectivity index (χ0v) is 15.8. The quantitative estimate of drug-likeness (QED) is 0.793. The second-order valence-corrected chi connectivity index (χ2v) is 7.64. The van der Waals surface area contributed by atoms with Crippen molar-refractivity contribution < 1.29 is 23.6 Å². The van der Waals surface area contributed by atoms with E-state index in [0.29, 0.717) is 43.9 Å². The number of piperazine rings is 1. The number of oxime groups is 1. The molecule has 1 fully saturated rings. The Morgan fingerprint density at radius 1 is 1.19 bits per heavy atom. The van der Waals surface area contributed by atoms with Crippen molar-refractivity contribution in [2.75, 3.05) is 26.2 Å². The first-order valence-electron chi connectivity index (χ1n) is 8.98. The first-order chi connectivity index (χ1) is 12.7. The predicted molar refractivity (Wildman–Crippen MR) is 96.8 cm³/mol. The van der Waals surface area contributed by atoms with E-state index in [4.69, 9.17) is 9.57 Å². The third-order valence-corrected chi connectivity index (χ3v) is 4.35. The maximum absolute atomic E-state index is 13.4. The van der Waals surface area contributed by atoms with Gasteiger partial charge in [0, 0.05) is 38.2 Å². The number of carbonyl (C=O) groups excluding carboxylic acids is 2. The topological polar surface area (TPSA) is 71.4 Å². The summed E-state index contributed by atoms with van der Waals surface area (Å²) in [7, 11) is 0. The highest BCUT2D eigenvalue weighted by Gasteiger charge is 2.35. The molecule has 8 heteroatoms. The molecule has 1 unspecified atom stereocenters. The molecule has 1 saturated heterocycles. The van der Waals surface area contributed by atoms with Gasteiger partial charge in [0.2, 0.25) is 6.10 Å². The summed E-state index contributed by atoms with van der Waals surface area (Å²) >= 11 is 0. The zero-order valence-electron chi connectivity index (χ0n) is 15.8. The number of rotatable bonds is 2. The van der Waals surface area contributed by atoms with Crippen LogP contribution in [0.5, 0.6) is 0 Å². The average molecular weight is 377 g/mol. The van der Waals surface area contributed by atoms with Crippen LogP contribution in [0, 0.1) is 5.82 Å². The fraction of sp³-hybridized carbons (Fsp3) is 0.526. The molecular formula is C19H24FN3O4. The maximum atomic E-state index is 13.4. The van der Waals surface area contributed by atoms with Gasteiger partial charge in [-0.15, -0.1) is 0 Å². The molecule has 0 radical (unpaired) electrons. The molecule has 0 bridgehead atoms. The molecule has 27 heavy (non-hydrogen) atoms. The highest BCUT2D eigenvalue weighted by Crippen LogP contribution is 2.20. The molecule has 0 N–H and O–H groups in total. The third kappa shape index (κ3) is 4.75. The Kier molecular flexibility index (Phi) is 5.34. The zero-order chi connectivity index (χ0) is 19.6. The summed E-state index contributed by atoms with van der Waals surface area (Å²) in [6, 6.07) is 6.05. The second kappa shape index (κ2) is 7.54. The van der Waals surface area contributed by atoms with Gasteiger partial charge in [0.1, 0.15) is 11.4 Å². The van der Waals surface area contributed by atoms with Crippen LogP contribution in [0.25, 0.3) is 0 Å². The summed E-state index contributed by atoms with van der Waals surface area (Å²) in [5.74, 6) is -0.530. The van der Waals surface area contributed by atoms with Crippen LogP contribution in [0.1, 0.15) is 32.8 Å². The van der Waals surface area contributed by atoms with E-state index in [0.717, 1.165) is 0 Å².